The minimum Gasteiger partial charge on any atom is -0.349 e. The number of hydrogen-bond donors (Lipinski definition) is 3. The smallest absolute Gasteiger partial charge is 0.251 e. The van der Waals surface area contributed by atoms with Crippen LogP contribution in [0, 0.1) is 5.92 Å². The Morgan fingerprint density at radius 1 is 1.32 bits per heavy atom. The molecule has 0 aromatic heterocycles. The molecule has 1 aliphatic heterocycles. The summed E-state index contributed by atoms with van der Waals surface area (Å²) in [5.41, 5.74) is 0.475. The molecule has 0 radical (unpaired) electrons. The van der Waals surface area contributed by atoms with Gasteiger partial charge in [0.1, 0.15) is 0 Å². The predicted octanol–water partition coefficient (Wildman–Crippen LogP) is 1.91. The van der Waals surface area contributed by atoms with Crippen molar-refractivity contribution < 1.29 is 13.2 Å². The average Bonchev–Trinajstić information content (AvgIpc) is 2.56. The van der Waals surface area contributed by atoms with Crippen molar-refractivity contribution in [1.82, 2.24) is 15.4 Å². The average molecular weight is 390 g/mol. The SMILES string of the molecule is CCC(C)NS(=O)(=O)c1ccc(C(=O)NC2CCNCC2C)cc1.Cl. The fraction of sp³-hybridized carbons (Fsp3) is 0.588. The number of amides is 1. The van der Waals surface area contributed by atoms with E-state index in [1.54, 1.807) is 12.1 Å². The Labute approximate surface area is 156 Å². The first kappa shape index (κ1) is 21.9. The second-order valence-corrected chi connectivity index (χ2v) is 8.22. The van der Waals surface area contributed by atoms with E-state index in [2.05, 4.69) is 22.3 Å². The Bertz CT molecular complexity index is 664. The molecule has 3 unspecified atom stereocenters. The lowest BCUT2D eigenvalue weighted by Crippen LogP contribution is -2.48. The molecule has 0 saturated carbocycles. The van der Waals surface area contributed by atoms with Gasteiger partial charge in [-0.15, -0.1) is 12.4 Å². The summed E-state index contributed by atoms with van der Waals surface area (Å²) in [5.74, 6) is 0.217. The topological polar surface area (TPSA) is 87.3 Å². The van der Waals surface area contributed by atoms with Crippen LogP contribution in [0.4, 0.5) is 0 Å². The molecule has 1 saturated heterocycles. The fourth-order valence-electron chi connectivity index (χ4n) is 2.68. The summed E-state index contributed by atoms with van der Waals surface area (Å²) < 4.78 is 27.1. The zero-order valence-electron chi connectivity index (χ0n) is 14.9. The number of halogens is 1. The van der Waals surface area contributed by atoms with Gasteiger partial charge < -0.3 is 10.6 Å². The summed E-state index contributed by atoms with van der Waals surface area (Å²) in [6.07, 6.45) is 1.62. The van der Waals surface area contributed by atoms with Crippen molar-refractivity contribution in [3.05, 3.63) is 29.8 Å². The van der Waals surface area contributed by atoms with Gasteiger partial charge in [-0.1, -0.05) is 13.8 Å². The van der Waals surface area contributed by atoms with E-state index in [1.165, 1.54) is 12.1 Å². The molecule has 25 heavy (non-hydrogen) atoms. The van der Waals surface area contributed by atoms with Gasteiger partial charge in [-0.05, 0) is 63.0 Å². The van der Waals surface area contributed by atoms with E-state index >= 15 is 0 Å². The van der Waals surface area contributed by atoms with Crippen molar-refractivity contribution in [1.29, 1.82) is 0 Å². The van der Waals surface area contributed by atoms with E-state index in [0.717, 1.165) is 19.5 Å². The van der Waals surface area contributed by atoms with Crippen LogP contribution in [-0.2, 0) is 10.0 Å². The largest absolute Gasteiger partial charge is 0.349 e. The molecule has 1 fully saturated rings. The number of carbonyl (C=O) groups excluding carboxylic acids is 1. The minimum absolute atomic E-state index is 0. The Morgan fingerprint density at radius 3 is 2.52 bits per heavy atom. The standard InChI is InChI=1S/C17H27N3O3S.ClH/c1-4-13(3)20-24(22,23)15-7-5-14(6-8-15)17(21)19-16-9-10-18-11-12(16)2;/h5-8,12-13,16,18,20H,4,9-11H2,1-3H3,(H,19,21);1H. The normalized spacial score (nSPS) is 21.9. The summed E-state index contributed by atoms with van der Waals surface area (Å²) in [5, 5.41) is 6.34. The number of piperidine rings is 1. The summed E-state index contributed by atoms with van der Waals surface area (Å²) in [4.78, 5) is 12.5. The van der Waals surface area contributed by atoms with Crippen LogP contribution in [-0.4, -0.2) is 39.5 Å². The molecule has 0 aliphatic carbocycles. The molecule has 2 rings (SSSR count). The van der Waals surface area contributed by atoms with E-state index in [0.29, 0.717) is 17.9 Å². The van der Waals surface area contributed by atoms with Crippen LogP contribution in [0.5, 0.6) is 0 Å². The second kappa shape index (κ2) is 9.52. The Kier molecular flexibility index (Phi) is 8.34. The lowest BCUT2D eigenvalue weighted by Gasteiger charge is -2.30. The summed E-state index contributed by atoms with van der Waals surface area (Å²) in [7, 11) is -3.54. The first-order valence-electron chi connectivity index (χ1n) is 8.47. The molecule has 1 aromatic rings. The van der Waals surface area contributed by atoms with Gasteiger partial charge >= 0.3 is 0 Å². The van der Waals surface area contributed by atoms with Crippen LogP contribution in [0.3, 0.4) is 0 Å². The van der Waals surface area contributed by atoms with Gasteiger partial charge in [0.05, 0.1) is 4.90 Å². The van der Waals surface area contributed by atoms with Crippen LogP contribution in [0.1, 0.15) is 44.0 Å². The summed E-state index contributed by atoms with van der Waals surface area (Å²) in [6.45, 7) is 7.63. The Hall–Kier alpha value is -1.15. The lowest BCUT2D eigenvalue weighted by molar-refractivity contribution is 0.0914. The maximum absolute atomic E-state index is 12.3. The van der Waals surface area contributed by atoms with Gasteiger partial charge in [-0.2, -0.15) is 0 Å². The molecule has 1 aliphatic rings. The molecule has 3 N–H and O–H groups in total. The van der Waals surface area contributed by atoms with Gasteiger partial charge in [-0.3, -0.25) is 4.79 Å². The molecule has 142 valence electrons. The van der Waals surface area contributed by atoms with Gasteiger partial charge in [0.15, 0.2) is 0 Å². The molecule has 0 spiro atoms. The first-order valence-corrected chi connectivity index (χ1v) is 9.95. The van der Waals surface area contributed by atoms with Crippen molar-refractivity contribution in [2.45, 2.75) is 50.6 Å². The van der Waals surface area contributed by atoms with Crippen LogP contribution >= 0.6 is 12.4 Å². The highest BCUT2D eigenvalue weighted by Crippen LogP contribution is 2.14. The van der Waals surface area contributed by atoms with Gasteiger partial charge in [0, 0.05) is 17.6 Å². The van der Waals surface area contributed by atoms with Crippen molar-refractivity contribution in [3.8, 4) is 0 Å². The van der Waals surface area contributed by atoms with Crippen LogP contribution < -0.4 is 15.4 Å². The van der Waals surface area contributed by atoms with Crippen molar-refractivity contribution in [2.24, 2.45) is 5.92 Å². The second-order valence-electron chi connectivity index (χ2n) is 6.50. The van der Waals surface area contributed by atoms with Crippen LogP contribution in [0.25, 0.3) is 0 Å². The zero-order chi connectivity index (χ0) is 17.7. The number of nitrogens with one attached hydrogen (secondary N) is 3. The third-order valence-corrected chi connectivity index (χ3v) is 6.10. The van der Waals surface area contributed by atoms with Crippen molar-refractivity contribution in [3.63, 3.8) is 0 Å². The van der Waals surface area contributed by atoms with E-state index < -0.39 is 10.0 Å². The maximum Gasteiger partial charge on any atom is 0.251 e. The molecule has 1 heterocycles. The summed E-state index contributed by atoms with van der Waals surface area (Å²) in [6, 6.07) is 6.10. The van der Waals surface area contributed by atoms with Gasteiger partial charge in [0.25, 0.3) is 5.91 Å². The number of benzene rings is 1. The highest BCUT2D eigenvalue weighted by molar-refractivity contribution is 7.89. The number of rotatable bonds is 6. The minimum atomic E-state index is -3.54. The molecular weight excluding hydrogens is 362 g/mol. The molecule has 3 atom stereocenters. The molecule has 6 nitrogen and oxygen atoms in total. The first-order chi connectivity index (χ1) is 11.3. The van der Waals surface area contributed by atoms with E-state index in [1.807, 2.05) is 13.8 Å². The monoisotopic (exact) mass is 389 g/mol. The molecular formula is C17H28ClN3O3S. The maximum atomic E-state index is 12.3. The zero-order valence-corrected chi connectivity index (χ0v) is 16.5. The Balaban J connectivity index is 0.00000312. The van der Waals surface area contributed by atoms with E-state index in [9.17, 15) is 13.2 Å². The summed E-state index contributed by atoms with van der Waals surface area (Å²) >= 11 is 0. The van der Waals surface area contributed by atoms with Gasteiger partial charge in [-0.25, -0.2) is 13.1 Å². The third-order valence-electron chi connectivity index (χ3n) is 4.50. The number of carbonyl (C=O) groups is 1. The van der Waals surface area contributed by atoms with Crippen molar-refractivity contribution >= 4 is 28.3 Å². The van der Waals surface area contributed by atoms with Crippen molar-refractivity contribution in [2.75, 3.05) is 13.1 Å². The Morgan fingerprint density at radius 2 is 1.96 bits per heavy atom. The van der Waals surface area contributed by atoms with E-state index in [4.69, 9.17) is 0 Å². The quantitative estimate of drug-likeness (QED) is 0.693. The van der Waals surface area contributed by atoms with Crippen LogP contribution in [0.15, 0.2) is 29.2 Å². The highest BCUT2D eigenvalue weighted by atomic mass is 35.5. The molecule has 1 amide bonds. The number of sulfonamides is 1. The highest BCUT2D eigenvalue weighted by Gasteiger charge is 2.23. The van der Waals surface area contributed by atoms with Gasteiger partial charge in [0.2, 0.25) is 10.0 Å². The predicted molar refractivity (Wildman–Crippen MR) is 102 cm³/mol. The van der Waals surface area contributed by atoms with Crippen LogP contribution in [0.2, 0.25) is 0 Å². The fourth-order valence-corrected chi connectivity index (χ4v) is 4.01. The number of hydrogen-bond acceptors (Lipinski definition) is 4. The lowest BCUT2D eigenvalue weighted by atomic mass is 9.95. The molecule has 8 heteroatoms. The third kappa shape index (κ3) is 5.95. The molecule has 0 bridgehead atoms. The van der Waals surface area contributed by atoms with E-state index in [-0.39, 0.29) is 35.3 Å². The molecule has 1 aromatic carbocycles.